The number of methoxy groups -OCH3 is 1. The van der Waals surface area contributed by atoms with Crippen LogP contribution in [0.15, 0.2) is 100 Å². The third-order valence-electron chi connectivity index (χ3n) is 6.66. The maximum absolute atomic E-state index is 13.8. The summed E-state index contributed by atoms with van der Waals surface area (Å²) in [6.07, 6.45) is 0. The van der Waals surface area contributed by atoms with Crippen molar-refractivity contribution in [1.82, 2.24) is 5.32 Å². The molecule has 3 N–H and O–H groups in total. The van der Waals surface area contributed by atoms with E-state index in [2.05, 4.69) is 16.0 Å². The molecular weight excluding hydrogens is 532 g/mol. The van der Waals surface area contributed by atoms with Crippen LogP contribution >= 0.6 is 23.4 Å². The molecule has 0 fully saturated rings. The topological polar surface area (TPSA) is 91.8 Å². The van der Waals surface area contributed by atoms with Gasteiger partial charge in [0.25, 0.3) is 5.91 Å². The van der Waals surface area contributed by atoms with E-state index in [9.17, 15) is 9.59 Å². The number of allylic oxidation sites excluding steroid dienone is 1. The number of benzene rings is 3. The molecule has 3 aromatic rings. The van der Waals surface area contributed by atoms with Crippen LogP contribution in [-0.4, -0.2) is 29.8 Å². The summed E-state index contributed by atoms with van der Waals surface area (Å²) in [5.41, 5.74) is 5.57. The zero-order valence-corrected chi connectivity index (χ0v) is 23.2. The van der Waals surface area contributed by atoms with Crippen molar-refractivity contribution in [3.8, 4) is 5.75 Å². The summed E-state index contributed by atoms with van der Waals surface area (Å²) in [6.45, 7) is 3.69. The highest BCUT2D eigenvalue weighted by atomic mass is 35.5. The number of anilines is 2. The predicted molar refractivity (Wildman–Crippen MR) is 159 cm³/mol. The van der Waals surface area contributed by atoms with Crippen LogP contribution in [-0.2, 0) is 4.79 Å². The molecule has 0 spiro atoms. The quantitative estimate of drug-likeness (QED) is 0.307. The number of ether oxygens (including phenoxy) is 1. The zero-order valence-electron chi connectivity index (χ0n) is 21.7. The van der Waals surface area contributed by atoms with Crippen molar-refractivity contribution >= 4 is 51.7 Å². The first-order valence-corrected chi connectivity index (χ1v) is 13.7. The summed E-state index contributed by atoms with van der Waals surface area (Å²) in [4.78, 5) is 31.7. The van der Waals surface area contributed by atoms with E-state index in [1.54, 1.807) is 49.2 Å². The van der Waals surface area contributed by atoms with Gasteiger partial charge < -0.3 is 20.7 Å². The van der Waals surface area contributed by atoms with E-state index >= 15 is 0 Å². The Morgan fingerprint density at radius 2 is 1.64 bits per heavy atom. The molecule has 0 radical (unpaired) electrons. The number of aliphatic imine (C=N–C) groups is 1. The highest BCUT2D eigenvalue weighted by molar-refractivity contribution is 8.15. The normalized spacial score (nSPS) is 16.4. The van der Waals surface area contributed by atoms with Gasteiger partial charge in [-0.15, -0.1) is 0 Å². The molecule has 1 unspecified atom stereocenters. The Balaban J connectivity index is 1.52. The van der Waals surface area contributed by atoms with E-state index in [-0.39, 0.29) is 11.9 Å². The standard InChI is InChI=1S/C30H27ClN4O3S/c1-17-20(31)12-9-14-21(17)34-30(37)35-23-16-39-29-27(23)26(19-10-5-4-6-11-19)25(18(2)32-29)28(36)33-22-13-7-8-15-24(22)38-3/h4-15,26H,16H2,1-3H3,(H,33,36)(H2,34,35,37). The summed E-state index contributed by atoms with van der Waals surface area (Å²) < 4.78 is 5.43. The van der Waals surface area contributed by atoms with Gasteiger partial charge in [-0.3, -0.25) is 4.79 Å². The molecule has 3 amide bonds. The fourth-order valence-electron chi connectivity index (χ4n) is 4.73. The minimum absolute atomic E-state index is 0.281. The number of nitrogens with zero attached hydrogens (tertiary/aromatic N) is 1. The van der Waals surface area contributed by atoms with Crippen LogP contribution in [0.4, 0.5) is 16.2 Å². The highest BCUT2D eigenvalue weighted by Gasteiger charge is 2.39. The molecule has 9 heteroatoms. The number of hydrogen-bond donors (Lipinski definition) is 3. The number of thioether (sulfide) groups is 1. The molecular formula is C30H27ClN4O3S. The molecule has 0 aromatic heterocycles. The molecule has 7 nitrogen and oxygen atoms in total. The summed E-state index contributed by atoms with van der Waals surface area (Å²) in [6, 6.07) is 22.0. The minimum Gasteiger partial charge on any atom is -0.495 e. The lowest BCUT2D eigenvalue weighted by Gasteiger charge is -2.28. The lowest BCUT2D eigenvalue weighted by molar-refractivity contribution is -0.113. The van der Waals surface area contributed by atoms with E-state index in [0.717, 1.165) is 21.7 Å². The molecule has 39 heavy (non-hydrogen) atoms. The van der Waals surface area contributed by atoms with E-state index in [1.165, 1.54) is 0 Å². The van der Waals surface area contributed by atoms with E-state index in [1.807, 2.05) is 56.3 Å². The van der Waals surface area contributed by atoms with Gasteiger partial charge in [0.2, 0.25) is 0 Å². The van der Waals surface area contributed by atoms with Crippen LogP contribution in [0.2, 0.25) is 5.02 Å². The van der Waals surface area contributed by atoms with Crippen molar-refractivity contribution in [3.05, 3.63) is 111 Å². The van der Waals surface area contributed by atoms with Crippen LogP contribution in [0.3, 0.4) is 0 Å². The first-order valence-electron chi connectivity index (χ1n) is 12.4. The van der Waals surface area contributed by atoms with Crippen molar-refractivity contribution in [3.63, 3.8) is 0 Å². The van der Waals surface area contributed by atoms with Gasteiger partial charge in [-0.25, -0.2) is 9.79 Å². The molecule has 2 aliphatic heterocycles. The maximum atomic E-state index is 13.8. The van der Waals surface area contributed by atoms with Crippen molar-refractivity contribution < 1.29 is 14.3 Å². The number of para-hydroxylation sites is 2. The smallest absolute Gasteiger partial charge is 0.323 e. The fourth-order valence-corrected chi connectivity index (χ4v) is 6.01. The minimum atomic E-state index is -0.424. The Hall–Kier alpha value is -4.01. The molecule has 5 rings (SSSR count). The van der Waals surface area contributed by atoms with Crippen LogP contribution in [0.25, 0.3) is 0 Å². The lowest BCUT2D eigenvalue weighted by atomic mass is 9.81. The molecule has 3 aromatic carbocycles. The van der Waals surface area contributed by atoms with Gasteiger partial charge in [0.15, 0.2) is 0 Å². The molecule has 0 saturated carbocycles. The Morgan fingerprint density at radius 1 is 0.923 bits per heavy atom. The number of carbonyl (C=O) groups is 2. The van der Waals surface area contributed by atoms with Gasteiger partial charge >= 0.3 is 6.03 Å². The molecule has 0 aliphatic carbocycles. The highest BCUT2D eigenvalue weighted by Crippen LogP contribution is 2.46. The monoisotopic (exact) mass is 558 g/mol. The zero-order chi connectivity index (χ0) is 27.5. The number of rotatable bonds is 6. The molecule has 198 valence electrons. The van der Waals surface area contributed by atoms with Crippen molar-refractivity contribution in [1.29, 1.82) is 0 Å². The number of nitrogens with one attached hydrogen (secondary N) is 3. The number of fused-ring (bicyclic) bond motifs is 1. The number of hydrogen-bond acceptors (Lipinski definition) is 5. The van der Waals surface area contributed by atoms with Crippen molar-refractivity contribution in [2.45, 2.75) is 19.8 Å². The Kier molecular flexibility index (Phi) is 7.77. The third-order valence-corrected chi connectivity index (χ3v) is 8.09. The first-order chi connectivity index (χ1) is 18.9. The molecule has 0 bridgehead atoms. The van der Waals surface area contributed by atoms with Gasteiger partial charge in [-0.2, -0.15) is 0 Å². The first kappa shape index (κ1) is 26.6. The summed E-state index contributed by atoms with van der Waals surface area (Å²) in [5, 5.41) is 10.3. The maximum Gasteiger partial charge on any atom is 0.323 e. The largest absolute Gasteiger partial charge is 0.495 e. The second-order valence-corrected chi connectivity index (χ2v) is 10.5. The van der Waals surface area contributed by atoms with Crippen LogP contribution < -0.4 is 20.7 Å². The van der Waals surface area contributed by atoms with Crippen LogP contribution in [0.5, 0.6) is 5.75 Å². The van der Waals surface area contributed by atoms with Crippen molar-refractivity contribution in [2.75, 3.05) is 23.5 Å². The van der Waals surface area contributed by atoms with Gasteiger partial charge in [0.05, 0.1) is 18.4 Å². The average Bonchev–Trinajstić information content (AvgIpc) is 3.32. The SMILES string of the molecule is COc1ccccc1NC(=O)C1=C(C)N=C2SCC(NC(=O)Nc3cccc(Cl)c3C)=C2C1c1ccccc1. The van der Waals surface area contributed by atoms with Gasteiger partial charge in [0, 0.05) is 39.3 Å². The van der Waals surface area contributed by atoms with E-state index in [4.69, 9.17) is 21.3 Å². The molecule has 1 atom stereocenters. The Morgan fingerprint density at radius 3 is 2.41 bits per heavy atom. The molecule has 0 saturated heterocycles. The number of urea groups is 1. The number of amides is 3. The number of carbonyl (C=O) groups excluding carboxylic acids is 2. The summed E-state index contributed by atoms with van der Waals surface area (Å²) in [7, 11) is 1.56. The van der Waals surface area contributed by atoms with E-state index < -0.39 is 5.92 Å². The average molecular weight is 559 g/mol. The lowest BCUT2D eigenvalue weighted by Crippen LogP contribution is -2.32. The Bertz CT molecular complexity index is 1550. The van der Waals surface area contributed by atoms with E-state index in [0.29, 0.717) is 44.9 Å². The number of halogens is 1. The van der Waals surface area contributed by atoms with Crippen LogP contribution in [0, 0.1) is 6.92 Å². The second kappa shape index (κ2) is 11.4. The fraction of sp³-hybridized carbons (Fsp3) is 0.167. The molecule has 2 heterocycles. The van der Waals surface area contributed by atoms with Crippen LogP contribution in [0.1, 0.15) is 24.0 Å². The molecule has 2 aliphatic rings. The van der Waals surface area contributed by atoms with Gasteiger partial charge in [-0.1, -0.05) is 71.9 Å². The third kappa shape index (κ3) is 5.44. The van der Waals surface area contributed by atoms with Gasteiger partial charge in [0.1, 0.15) is 10.8 Å². The van der Waals surface area contributed by atoms with Gasteiger partial charge in [-0.05, 0) is 49.2 Å². The Labute approximate surface area is 236 Å². The summed E-state index contributed by atoms with van der Waals surface area (Å²) in [5.74, 6) is 0.378. The predicted octanol–water partition coefficient (Wildman–Crippen LogP) is 6.89. The summed E-state index contributed by atoms with van der Waals surface area (Å²) >= 11 is 7.77. The van der Waals surface area contributed by atoms with Crippen molar-refractivity contribution in [2.24, 2.45) is 4.99 Å². The second-order valence-electron chi connectivity index (χ2n) is 9.09.